The molecule has 1 fully saturated rings. The zero-order valence-corrected chi connectivity index (χ0v) is 24.4. The van der Waals surface area contributed by atoms with E-state index in [4.69, 9.17) is 9.47 Å². The second-order valence-corrected chi connectivity index (χ2v) is 10.2. The van der Waals surface area contributed by atoms with Crippen molar-refractivity contribution in [2.24, 2.45) is 0 Å². The summed E-state index contributed by atoms with van der Waals surface area (Å²) >= 11 is 0. The van der Waals surface area contributed by atoms with Gasteiger partial charge in [0, 0.05) is 18.7 Å². The summed E-state index contributed by atoms with van der Waals surface area (Å²) < 4.78 is 11.7. The van der Waals surface area contributed by atoms with E-state index in [0.717, 1.165) is 42.0 Å². The van der Waals surface area contributed by atoms with E-state index in [1.807, 2.05) is 62.4 Å². The summed E-state index contributed by atoms with van der Waals surface area (Å²) in [7, 11) is 0. The number of carbonyl (C=O) groups excluding carboxylic acids is 2. The lowest BCUT2D eigenvalue weighted by molar-refractivity contribution is -0.140. The molecule has 1 atom stereocenters. The first-order valence-electron chi connectivity index (χ1n) is 14.4. The van der Waals surface area contributed by atoms with Gasteiger partial charge in [-0.25, -0.2) is 0 Å². The fraction of sp³-hybridized carbons (Fsp3) is 0.353. The predicted octanol–water partition coefficient (Wildman–Crippen LogP) is 6.13. The van der Waals surface area contributed by atoms with Gasteiger partial charge in [-0.1, -0.05) is 57.2 Å². The highest BCUT2D eigenvalue weighted by Crippen LogP contribution is 2.40. The van der Waals surface area contributed by atoms with E-state index in [2.05, 4.69) is 18.7 Å². The van der Waals surface area contributed by atoms with Gasteiger partial charge in [-0.2, -0.15) is 0 Å². The Morgan fingerprint density at radius 2 is 1.51 bits per heavy atom. The Balaban J connectivity index is 1.64. The molecule has 0 radical (unpaired) electrons. The number of Topliss-reactive ketones (excluding diaryl/α,β-unsaturated/α-hetero) is 1. The van der Waals surface area contributed by atoms with Gasteiger partial charge in [0.2, 0.25) is 0 Å². The monoisotopic (exact) mass is 556 g/mol. The molecule has 4 rings (SSSR count). The first kappa shape index (κ1) is 29.9. The summed E-state index contributed by atoms with van der Waals surface area (Å²) in [6.07, 6.45) is 0.892. The number of aliphatic hydroxyl groups is 1. The lowest BCUT2D eigenvalue weighted by Gasteiger charge is -2.28. The SMILES string of the molecule is CCCOc1ccc(C2/C(=C(\O)c3ccc(OCc4ccccc4C)cc3)C(=O)C(=O)N2CCN(CC)CC)cc1. The maximum absolute atomic E-state index is 13.4. The number of aliphatic hydroxyl groups excluding tert-OH is 1. The smallest absolute Gasteiger partial charge is 0.295 e. The number of hydrogen-bond donors (Lipinski definition) is 1. The summed E-state index contributed by atoms with van der Waals surface area (Å²) in [4.78, 5) is 30.5. The van der Waals surface area contributed by atoms with E-state index >= 15 is 0 Å². The van der Waals surface area contributed by atoms with Gasteiger partial charge in [-0.15, -0.1) is 0 Å². The lowest BCUT2D eigenvalue weighted by Crippen LogP contribution is -2.38. The van der Waals surface area contributed by atoms with Crippen LogP contribution in [0.4, 0.5) is 0 Å². The third-order valence-electron chi connectivity index (χ3n) is 7.54. The molecule has 0 bridgehead atoms. The molecule has 1 aliphatic rings. The number of carbonyl (C=O) groups is 2. The molecule has 3 aromatic carbocycles. The van der Waals surface area contributed by atoms with Crippen molar-refractivity contribution in [3.8, 4) is 11.5 Å². The van der Waals surface area contributed by atoms with Gasteiger partial charge < -0.3 is 24.4 Å². The van der Waals surface area contributed by atoms with Crippen LogP contribution in [-0.2, 0) is 16.2 Å². The number of likely N-dealkylation sites (N-methyl/N-ethyl adjacent to an activating group) is 1. The number of aryl methyl sites for hydroxylation is 1. The van der Waals surface area contributed by atoms with Crippen LogP contribution >= 0.6 is 0 Å². The van der Waals surface area contributed by atoms with E-state index in [1.165, 1.54) is 0 Å². The Morgan fingerprint density at radius 1 is 0.878 bits per heavy atom. The number of likely N-dealkylation sites (tertiary alicyclic amines) is 1. The quantitative estimate of drug-likeness (QED) is 0.155. The molecule has 0 saturated carbocycles. The van der Waals surface area contributed by atoms with Crippen LogP contribution in [0.3, 0.4) is 0 Å². The third-order valence-corrected chi connectivity index (χ3v) is 7.54. The number of nitrogens with zero attached hydrogens (tertiary/aromatic N) is 2. The minimum atomic E-state index is -0.706. The number of hydrogen-bond acceptors (Lipinski definition) is 6. The molecule has 3 aromatic rings. The Kier molecular flexibility index (Phi) is 10.2. The summed E-state index contributed by atoms with van der Waals surface area (Å²) in [5.74, 6) is -0.123. The predicted molar refractivity (Wildman–Crippen MR) is 161 cm³/mol. The molecule has 1 aliphatic heterocycles. The maximum Gasteiger partial charge on any atom is 0.295 e. The van der Waals surface area contributed by atoms with Crippen LogP contribution < -0.4 is 9.47 Å². The van der Waals surface area contributed by atoms with Gasteiger partial charge in [-0.3, -0.25) is 9.59 Å². The van der Waals surface area contributed by atoms with Crippen molar-refractivity contribution >= 4 is 17.4 Å². The molecule has 0 spiro atoms. The molecule has 7 nitrogen and oxygen atoms in total. The van der Waals surface area contributed by atoms with Gasteiger partial charge in [0.25, 0.3) is 11.7 Å². The van der Waals surface area contributed by atoms with Crippen molar-refractivity contribution in [3.63, 3.8) is 0 Å². The van der Waals surface area contributed by atoms with Gasteiger partial charge in [0.1, 0.15) is 23.9 Å². The zero-order valence-electron chi connectivity index (χ0n) is 24.4. The Hall–Kier alpha value is -4.10. The Labute approximate surface area is 243 Å². The van der Waals surface area contributed by atoms with Crippen LogP contribution in [0.25, 0.3) is 5.76 Å². The molecule has 41 heavy (non-hydrogen) atoms. The van der Waals surface area contributed by atoms with E-state index < -0.39 is 17.7 Å². The summed E-state index contributed by atoms with van der Waals surface area (Å²) in [6.45, 7) is 11.9. The highest BCUT2D eigenvalue weighted by Gasteiger charge is 2.46. The average molecular weight is 557 g/mol. The molecule has 1 N–H and O–H groups in total. The second-order valence-electron chi connectivity index (χ2n) is 10.2. The highest BCUT2D eigenvalue weighted by atomic mass is 16.5. The van der Waals surface area contributed by atoms with E-state index in [9.17, 15) is 14.7 Å². The average Bonchev–Trinajstić information content (AvgIpc) is 3.25. The molecule has 1 amide bonds. The van der Waals surface area contributed by atoms with Gasteiger partial charge in [0.15, 0.2) is 0 Å². The third kappa shape index (κ3) is 6.98. The summed E-state index contributed by atoms with van der Waals surface area (Å²) in [5, 5.41) is 11.4. The highest BCUT2D eigenvalue weighted by molar-refractivity contribution is 6.46. The first-order valence-corrected chi connectivity index (χ1v) is 14.4. The van der Waals surface area contributed by atoms with Crippen LogP contribution in [0.2, 0.25) is 0 Å². The fourth-order valence-corrected chi connectivity index (χ4v) is 5.01. The lowest BCUT2D eigenvalue weighted by atomic mass is 9.95. The Morgan fingerprint density at radius 3 is 2.15 bits per heavy atom. The fourth-order valence-electron chi connectivity index (χ4n) is 5.01. The molecule has 1 unspecified atom stereocenters. The molecule has 216 valence electrons. The minimum Gasteiger partial charge on any atom is -0.507 e. The van der Waals surface area contributed by atoms with Crippen molar-refractivity contribution in [2.45, 2.75) is 46.8 Å². The van der Waals surface area contributed by atoms with Crippen LogP contribution in [0, 0.1) is 6.92 Å². The molecule has 1 heterocycles. The number of rotatable bonds is 13. The normalized spacial score (nSPS) is 16.4. The van der Waals surface area contributed by atoms with E-state index in [1.54, 1.807) is 29.2 Å². The Bertz CT molecular complexity index is 1360. The number of ketones is 1. The molecule has 1 saturated heterocycles. The molecular weight excluding hydrogens is 516 g/mol. The molecule has 0 aliphatic carbocycles. The molecular formula is C34H40N2O5. The maximum atomic E-state index is 13.4. The van der Waals surface area contributed by atoms with Crippen molar-refractivity contribution in [1.82, 2.24) is 9.80 Å². The van der Waals surface area contributed by atoms with Crippen LogP contribution in [0.5, 0.6) is 11.5 Å². The standard InChI is InChI=1S/C34H40N2O5/c1-5-22-40-28-16-12-25(13-17-28)31-30(33(38)34(39)36(31)21-20-35(6-2)7-3)32(37)26-14-18-29(19-15-26)41-23-27-11-9-8-10-24(27)4/h8-19,31,37H,5-7,20-23H2,1-4H3/b32-30+. The number of amides is 1. The first-order chi connectivity index (χ1) is 19.9. The van der Waals surface area contributed by atoms with E-state index in [-0.39, 0.29) is 11.3 Å². The van der Waals surface area contributed by atoms with Gasteiger partial charge in [-0.05, 0) is 79.5 Å². The van der Waals surface area contributed by atoms with Gasteiger partial charge in [0.05, 0.1) is 18.2 Å². The van der Waals surface area contributed by atoms with Crippen molar-refractivity contribution < 1.29 is 24.2 Å². The van der Waals surface area contributed by atoms with Crippen LogP contribution in [0.15, 0.2) is 78.4 Å². The largest absolute Gasteiger partial charge is 0.507 e. The van der Waals surface area contributed by atoms with E-state index in [0.29, 0.717) is 37.6 Å². The van der Waals surface area contributed by atoms with Crippen LogP contribution in [0.1, 0.15) is 55.5 Å². The summed E-state index contributed by atoms with van der Waals surface area (Å²) in [6, 6.07) is 21.7. The van der Waals surface area contributed by atoms with Gasteiger partial charge >= 0.3 is 0 Å². The molecule has 7 heteroatoms. The zero-order chi connectivity index (χ0) is 29.4. The summed E-state index contributed by atoms with van der Waals surface area (Å²) in [5.41, 5.74) is 3.52. The molecule has 0 aromatic heterocycles. The minimum absolute atomic E-state index is 0.0883. The van der Waals surface area contributed by atoms with Crippen molar-refractivity contribution in [2.75, 3.05) is 32.8 Å². The number of ether oxygens (including phenoxy) is 2. The van der Waals surface area contributed by atoms with Crippen molar-refractivity contribution in [3.05, 3.63) is 101 Å². The van der Waals surface area contributed by atoms with Crippen LogP contribution in [-0.4, -0.2) is 59.4 Å². The van der Waals surface area contributed by atoms with Crippen molar-refractivity contribution in [1.29, 1.82) is 0 Å². The second kappa shape index (κ2) is 14.0. The number of benzene rings is 3. The topological polar surface area (TPSA) is 79.3 Å².